The first-order chi connectivity index (χ1) is 8.08. The summed E-state index contributed by atoms with van der Waals surface area (Å²) in [6.07, 6.45) is 1.34. The highest BCUT2D eigenvalue weighted by molar-refractivity contribution is 9.11. The van der Waals surface area contributed by atoms with E-state index in [0.717, 1.165) is 0 Å². The second kappa shape index (κ2) is 5.29. The SMILES string of the molecule is Fc1ccc(Nc2ncnc(Cl)c2Br)cc1Br. The van der Waals surface area contributed by atoms with Crippen LogP contribution >= 0.6 is 43.5 Å². The molecule has 0 amide bonds. The van der Waals surface area contributed by atoms with Crippen LogP contribution in [0.1, 0.15) is 0 Å². The Kier molecular flexibility index (Phi) is 3.96. The van der Waals surface area contributed by atoms with E-state index in [4.69, 9.17) is 11.6 Å². The summed E-state index contributed by atoms with van der Waals surface area (Å²) >= 11 is 12.2. The van der Waals surface area contributed by atoms with Crippen molar-refractivity contribution in [3.63, 3.8) is 0 Å². The van der Waals surface area contributed by atoms with Crippen molar-refractivity contribution in [2.45, 2.75) is 0 Å². The Hall–Kier alpha value is -0.720. The topological polar surface area (TPSA) is 37.8 Å². The molecule has 1 heterocycles. The van der Waals surface area contributed by atoms with Crippen molar-refractivity contribution in [3.8, 4) is 0 Å². The van der Waals surface area contributed by atoms with E-state index in [1.165, 1.54) is 12.4 Å². The predicted molar refractivity (Wildman–Crippen MR) is 72.1 cm³/mol. The molecule has 1 N–H and O–H groups in total. The van der Waals surface area contributed by atoms with Crippen LogP contribution in [0.15, 0.2) is 33.5 Å². The van der Waals surface area contributed by atoms with E-state index >= 15 is 0 Å². The third-order valence-corrected chi connectivity index (χ3v) is 3.80. The Morgan fingerprint density at radius 1 is 1.24 bits per heavy atom. The summed E-state index contributed by atoms with van der Waals surface area (Å²) in [6.45, 7) is 0. The highest BCUT2D eigenvalue weighted by Crippen LogP contribution is 2.29. The first-order valence-electron chi connectivity index (χ1n) is 4.46. The number of halogens is 4. The normalized spacial score (nSPS) is 10.4. The largest absolute Gasteiger partial charge is 0.339 e. The summed E-state index contributed by atoms with van der Waals surface area (Å²) in [4.78, 5) is 7.83. The maximum atomic E-state index is 13.1. The molecule has 0 aliphatic heterocycles. The van der Waals surface area contributed by atoms with Crippen LogP contribution in [0.25, 0.3) is 0 Å². The average molecular weight is 381 g/mol. The van der Waals surface area contributed by atoms with Gasteiger partial charge < -0.3 is 5.32 Å². The van der Waals surface area contributed by atoms with Crippen LogP contribution in [-0.4, -0.2) is 9.97 Å². The van der Waals surface area contributed by atoms with Crippen molar-refractivity contribution in [1.82, 2.24) is 9.97 Å². The number of nitrogens with one attached hydrogen (secondary N) is 1. The molecule has 0 spiro atoms. The Balaban J connectivity index is 2.31. The van der Waals surface area contributed by atoms with Crippen molar-refractivity contribution in [3.05, 3.63) is 44.4 Å². The molecule has 0 bridgehead atoms. The molecular weight excluding hydrogens is 376 g/mol. The average Bonchev–Trinajstić information content (AvgIpc) is 2.30. The number of hydrogen-bond donors (Lipinski definition) is 1. The zero-order valence-corrected chi connectivity index (χ0v) is 12.1. The van der Waals surface area contributed by atoms with Gasteiger partial charge in [0.25, 0.3) is 0 Å². The highest BCUT2D eigenvalue weighted by atomic mass is 79.9. The number of anilines is 2. The number of nitrogens with zero attached hydrogens (tertiary/aromatic N) is 2. The molecule has 0 fully saturated rings. The van der Waals surface area contributed by atoms with E-state index in [1.54, 1.807) is 12.1 Å². The van der Waals surface area contributed by atoms with Crippen molar-refractivity contribution in [2.24, 2.45) is 0 Å². The van der Waals surface area contributed by atoms with Crippen LogP contribution in [0.2, 0.25) is 5.15 Å². The van der Waals surface area contributed by atoms with E-state index < -0.39 is 0 Å². The van der Waals surface area contributed by atoms with Gasteiger partial charge in [-0.25, -0.2) is 14.4 Å². The third kappa shape index (κ3) is 2.94. The summed E-state index contributed by atoms with van der Waals surface area (Å²) in [5, 5.41) is 3.31. The van der Waals surface area contributed by atoms with E-state index in [0.29, 0.717) is 25.6 Å². The summed E-state index contributed by atoms with van der Waals surface area (Å²) in [5.41, 5.74) is 0.689. The molecule has 17 heavy (non-hydrogen) atoms. The van der Waals surface area contributed by atoms with Crippen molar-refractivity contribution in [1.29, 1.82) is 0 Å². The lowest BCUT2D eigenvalue weighted by Gasteiger charge is -2.08. The molecule has 2 rings (SSSR count). The zero-order valence-electron chi connectivity index (χ0n) is 8.22. The van der Waals surface area contributed by atoms with Gasteiger partial charge >= 0.3 is 0 Å². The molecule has 0 saturated carbocycles. The Bertz CT molecular complexity index is 565. The van der Waals surface area contributed by atoms with Crippen molar-refractivity contribution < 1.29 is 4.39 Å². The maximum absolute atomic E-state index is 13.1. The van der Waals surface area contributed by atoms with Gasteiger partial charge in [0, 0.05) is 5.69 Å². The van der Waals surface area contributed by atoms with E-state index in [9.17, 15) is 4.39 Å². The summed E-state index contributed by atoms with van der Waals surface area (Å²) in [7, 11) is 0. The first-order valence-corrected chi connectivity index (χ1v) is 6.42. The molecule has 88 valence electrons. The standard InChI is InChI=1S/C10H5Br2ClFN3/c11-6-3-5(1-2-7(6)14)17-10-8(12)9(13)15-4-16-10/h1-4H,(H,15,16,17). The van der Waals surface area contributed by atoms with Crippen LogP contribution in [0, 0.1) is 5.82 Å². The second-order valence-corrected chi connectivity index (χ2v) is 5.09. The molecule has 1 aromatic heterocycles. The Morgan fingerprint density at radius 2 is 2.00 bits per heavy atom. The molecule has 3 nitrogen and oxygen atoms in total. The van der Waals surface area contributed by atoms with Gasteiger partial charge in [-0.2, -0.15) is 0 Å². The van der Waals surface area contributed by atoms with Crippen LogP contribution < -0.4 is 5.32 Å². The molecule has 0 unspecified atom stereocenters. The van der Waals surface area contributed by atoms with E-state index in [2.05, 4.69) is 47.1 Å². The minimum absolute atomic E-state index is 0.309. The summed E-state index contributed by atoms with van der Waals surface area (Å²) < 4.78 is 14.0. The number of benzene rings is 1. The molecule has 0 aliphatic carbocycles. The third-order valence-electron chi connectivity index (χ3n) is 1.93. The van der Waals surface area contributed by atoms with Crippen molar-refractivity contribution in [2.75, 3.05) is 5.32 Å². The highest BCUT2D eigenvalue weighted by Gasteiger charge is 2.07. The van der Waals surface area contributed by atoms with Crippen molar-refractivity contribution >= 4 is 55.0 Å². The molecule has 0 radical (unpaired) electrons. The van der Waals surface area contributed by atoms with Crippen LogP contribution in [0.3, 0.4) is 0 Å². The van der Waals surface area contributed by atoms with Gasteiger partial charge in [-0.15, -0.1) is 0 Å². The minimum Gasteiger partial charge on any atom is -0.339 e. The molecule has 0 aliphatic rings. The summed E-state index contributed by atoms with van der Waals surface area (Å²) in [6, 6.07) is 4.56. The van der Waals surface area contributed by atoms with Gasteiger partial charge in [-0.1, -0.05) is 11.6 Å². The smallest absolute Gasteiger partial charge is 0.149 e. The van der Waals surface area contributed by atoms with Gasteiger partial charge in [0.05, 0.1) is 8.95 Å². The van der Waals surface area contributed by atoms with Crippen LogP contribution in [0.5, 0.6) is 0 Å². The minimum atomic E-state index is -0.324. The fourth-order valence-corrected chi connectivity index (χ4v) is 1.96. The lowest BCUT2D eigenvalue weighted by Crippen LogP contribution is -1.96. The molecule has 2 aromatic rings. The molecule has 1 aromatic carbocycles. The van der Waals surface area contributed by atoms with Crippen LogP contribution in [-0.2, 0) is 0 Å². The first kappa shape index (κ1) is 12.7. The van der Waals surface area contributed by atoms with Gasteiger partial charge in [0.15, 0.2) is 0 Å². The summed E-state index contributed by atoms with van der Waals surface area (Å²) in [5.74, 6) is 0.193. The predicted octanol–water partition coefficient (Wildman–Crippen LogP) is 4.54. The number of hydrogen-bond acceptors (Lipinski definition) is 3. The van der Waals surface area contributed by atoms with Gasteiger partial charge in [-0.05, 0) is 50.1 Å². The van der Waals surface area contributed by atoms with E-state index in [-0.39, 0.29) is 5.82 Å². The zero-order chi connectivity index (χ0) is 12.4. The maximum Gasteiger partial charge on any atom is 0.149 e. The quantitative estimate of drug-likeness (QED) is 0.777. The van der Waals surface area contributed by atoms with Gasteiger partial charge in [0.1, 0.15) is 23.1 Å². The van der Waals surface area contributed by atoms with Gasteiger partial charge in [-0.3, -0.25) is 0 Å². The number of rotatable bonds is 2. The fraction of sp³-hybridized carbons (Fsp3) is 0. The molecule has 7 heteroatoms. The monoisotopic (exact) mass is 379 g/mol. The second-order valence-electron chi connectivity index (χ2n) is 3.08. The number of aromatic nitrogens is 2. The Labute approximate surface area is 119 Å². The van der Waals surface area contributed by atoms with E-state index in [1.807, 2.05) is 0 Å². The molecule has 0 saturated heterocycles. The van der Waals surface area contributed by atoms with Gasteiger partial charge in [0.2, 0.25) is 0 Å². The molecule has 0 atom stereocenters. The van der Waals surface area contributed by atoms with Crippen LogP contribution in [0.4, 0.5) is 15.9 Å². The Morgan fingerprint density at radius 3 is 2.71 bits per heavy atom. The molecular formula is C10H5Br2ClFN3. The lowest BCUT2D eigenvalue weighted by molar-refractivity contribution is 0.621. The fourth-order valence-electron chi connectivity index (χ4n) is 1.15. The lowest BCUT2D eigenvalue weighted by atomic mass is 10.3.